The third kappa shape index (κ3) is 483. The summed E-state index contributed by atoms with van der Waals surface area (Å²) in [6, 6.07) is 0. The average Bonchev–Trinajstić information content (AvgIpc) is 2.77. The smallest absolute Gasteiger partial charge is 0.394 e. The van der Waals surface area contributed by atoms with Crippen LogP contribution in [0.3, 0.4) is 0 Å². The van der Waals surface area contributed by atoms with Gasteiger partial charge in [0.05, 0.1) is 19.8 Å². The fourth-order valence-corrected chi connectivity index (χ4v) is 0.651. The summed E-state index contributed by atoms with van der Waals surface area (Å²) in [7, 11) is -4.17. The van der Waals surface area contributed by atoms with Gasteiger partial charge in [-0.2, -0.15) is 8.42 Å². The minimum absolute atomic E-state index is 0.0289. The Kier molecular flexibility index (Phi) is 236. The molecule has 0 unspecified atom stereocenters. The Hall–Kier alpha value is -1.81. The summed E-state index contributed by atoms with van der Waals surface area (Å²) >= 11 is 0. The Labute approximate surface area is 175 Å². The van der Waals surface area contributed by atoms with Gasteiger partial charge in [-0.15, -0.1) is 78.9 Å². The molecule has 0 bridgehead atoms. The van der Waals surface area contributed by atoms with Gasteiger partial charge in [0.1, 0.15) is 0 Å². The average molecular weight is 431 g/mol. The Balaban J connectivity index is -0.0000000221. The zero-order chi connectivity index (χ0) is 25.4. The lowest BCUT2D eigenvalue weighted by Crippen LogP contribution is -2.01. The van der Waals surface area contributed by atoms with Gasteiger partial charge in [-0.05, 0) is 20.8 Å². The monoisotopic (exact) mass is 430 g/mol. The minimum Gasteiger partial charge on any atom is -0.394 e. The van der Waals surface area contributed by atoms with Crippen molar-refractivity contribution in [3.05, 3.63) is 78.9 Å². The molecule has 8 heteroatoms. The third-order valence-electron chi connectivity index (χ3n) is 0.775. The van der Waals surface area contributed by atoms with Crippen molar-refractivity contribution in [1.29, 1.82) is 0 Å². The summed E-state index contributed by atoms with van der Waals surface area (Å²) in [5.74, 6) is 0. The van der Waals surface area contributed by atoms with E-state index in [-0.39, 0.29) is 19.8 Å². The molecule has 0 fully saturated rings. The molecular weight excluding hydrogens is 384 g/mol. The fourth-order valence-electron chi connectivity index (χ4n) is 0.353. The number of hydrogen-bond donors (Lipinski definition) is 3. The van der Waals surface area contributed by atoms with Crippen molar-refractivity contribution in [2.75, 3.05) is 33.0 Å². The zero-order valence-corrected chi connectivity index (χ0v) is 19.2. The summed E-state index contributed by atoms with van der Waals surface area (Å²) in [5.41, 5.74) is 0. The van der Waals surface area contributed by atoms with E-state index in [2.05, 4.69) is 83.1 Å². The largest absolute Gasteiger partial charge is 0.397 e. The molecule has 28 heavy (non-hydrogen) atoms. The Morgan fingerprint density at radius 2 is 0.821 bits per heavy atom. The predicted octanol–water partition coefficient (Wildman–Crippen LogP) is 4.65. The third-order valence-corrected chi connectivity index (χ3v) is 1.31. The van der Waals surface area contributed by atoms with Crippen LogP contribution in [0.15, 0.2) is 78.9 Å². The predicted molar refractivity (Wildman–Crippen MR) is 127 cm³/mol. The molecule has 0 aliphatic carbocycles. The van der Waals surface area contributed by atoms with E-state index in [1.807, 2.05) is 13.8 Å². The first-order chi connectivity index (χ1) is 13.4. The quantitative estimate of drug-likeness (QED) is 0.429. The molecule has 0 saturated carbocycles. The van der Waals surface area contributed by atoms with Crippen molar-refractivity contribution in [1.82, 2.24) is 0 Å². The van der Waals surface area contributed by atoms with Gasteiger partial charge >= 0.3 is 10.4 Å². The molecule has 0 atom stereocenters. The van der Waals surface area contributed by atoms with Crippen LogP contribution in [0.25, 0.3) is 0 Å². The summed E-state index contributed by atoms with van der Waals surface area (Å²) in [5, 5.41) is 15.2. The molecule has 0 radical (unpaired) electrons. The van der Waals surface area contributed by atoms with Crippen molar-refractivity contribution >= 4 is 10.4 Å². The minimum atomic E-state index is -4.17. The molecule has 0 heterocycles. The molecule has 0 aromatic carbocycles. The Morgan fingerprint density at radius 1 is 0.607 bits per heavy atom. The van der Waals surface area contributed by atoms with E-state index in [9.17, 15) is 8.42 Å². The molecule has 0 rings (SSSR count). The number of rotatable bonds is 5. The highest BCUT2D eigenvalue weighted by atomic mass is 32.3. The van der Waals surface area contributed by atoms with Gasteiger partial charge in [-0.3, -0.25) is 4.55 Å². The molecule has 174 valence electrons. The first-order valence-corrected chi connectivity index (χ1v) is 9.17. The molecule has 7 nitrogen and oxygen atoms in total. The van der Waals surface area contributed by atoms with Crippen molar-refractivity contribution < 1.29 is 32.1 Å². The first kappa shape index (κ1) is 56.2. The molecule has 0 spiro atoms. The molecule has 0 amide bonds. The normalized spacial score (nSPS) is 6.36. The second-order valence-electron chi connectivity index (χ2n) is 2.06. The highest BCUT2D eigenvalue weighted by molar-refractivity contribution is 7.80. The highest BCUT2D eigenvalue weighted by Crippen LogP contribution is 1.81. The lowest BCUT2D eigenvalue weighted by atomic mass is 10.8. The molecule has 0 aromatic heterocycles. The van der Waals surface area contributed by atoms with E-state index in [0.717, 1.165) is 13.2 Å². The fraction of sp³-hybridized carbons (Fsp3) is 0.400. The van der Waals surface area contributed by atoms with Crippen LogP contribution >= 0.6 is 0 Å². The number of hydrogen-bond acceptors (Lipinski definition) is 6. The highest BCUT2D eigenvalue weighted by Gasteiger charge is 1.98. The van der Waals surface area contributed by atoms with Gasteiger partial charge < -0.3 is 14.9 Å². The van der Waals surface area contributed by atoms with Crippen LogP contribution in [0.5, 0.6) is 0 Å². The second-order valence-corrected chi connectivity index (χ2v) is 3.15. The van der Waals surface area contributed by atoms with Gasteiger partial charge in [0.2, 0.25) is 0 Å². The molecule has 0 saturated heterocycles. The summed E-state index contributed by atoms with van der Waals surface area (Å²) in [6.07, 6.45) is 0. The van der Waals surface area contributed by atoms with Gasteiger partial charge in [0.25, 0.3) is 0 Å². The van der Waals surface area contributed by atoms with E-state index in [0.29, 0.717) is 0 Å². The molecule has 0 aliphatic rings. The molecule has 0 aliphatic heterocycles. The van der Waals surface area contributed by atoms with E-state index >= 15 is 0 Å². The van der Waals surface area contributed by atoms with E-state index in [1.54, 1.807) is 0 Å². The van der Waals surface area contributed by atoms with Gasteiger partial charge in [-0.25, -0.2) is 4.18 Å². The van der Waals surface area contributed by atoms with E-state index < -0.39 is 10.4 Å². The van der Waals surface area contributed by atoms with Crippen LogP contribution in [0.1, 0.15) is 20.8 Å². The zero-order valence-electron chi connectivity index (χ0n) is 18.4. The van der Waals surface area contributed by atoms with Crippen LogP contribution in [0, 0.1) is 0 Å². The lowest BCUT2D eigenvalue weighted by Gasteiger charge is -1.88. The first-order valence-electron chi connectivity index (χ1n) is 7.80. The van der Waals surface area contributed by atoms with Crippen LogP contribution in [-0.2, 0) is 19.3 Å². The summed E-state index contributed by atoms with van der Waals surface area (Å²) < 4.78 is 35.5. The standard InChI is InChI=1S/C4H10O.C2H6O4S.C2H6O2.6C2H4/c1-3-5-4-2;1-2-6-7(3,4)5;3-1-2-4;6*1-2/h3-4H2,1-2H3;2H2,1H3,(H,3,4,5);3-4H,1-2H2;6*1-2H2. The number of ether oxygens (including phenoxy) is 1. The maximum Gasteiger partial charge on any atom is 0.397 e. The van der Waals surface area contributed by atoms with Crippen LogP contribution in [0.4, 0.5) is 0 Å². The van der Waals surface area contributed by atoms with Gasteiger partial charge in [0.15, 0.2) is 0 Å². The number of aliphatic hydroxyl groups excluding tert-OH is 2. The Bertz CT molecular complexity index is 252. The molecular formula is C20H46O7S. The van der Waals surface area contributed by atoms with Gasteiger partial charge in [0, 0.05) is 13.2 Å². The van der Waals surface area contributed by atoms with Crippen LogP contribution in [0.2, 0.25) is 0 Å². The topological polar surface area (TPSA) is 113 Å². The van der Waals surface area contributed by atoms with Crippen molar-refractivity contribution in [2.24, 2.45) is 0 Å². The lowest BCUT2D eigenvalue weighted by molar-refractivity contribution is 0.162. The summed E-state index contributed by atoms with van der Waals surface area (Å²) in [4.78, 5) is 0. The van der Waals surface area contributed by atoms with Gasteiger partial charge in [-0.1, -0.05) is 0 Å². The maximum atomic E-state index is 9.56. The van der Waals surface area contributed by atoms with Crippen molar-refractivity contribution in [3.63, 3.8) is 0 Å². The van der Waals surface area contributed by atoms with Crippen LogP contribution < -0.4 is 0 Å². The molecule has 0 aromatic rings. The van der Waals surface area contributed by atoms with Crippen molar-refractivity contribution in [3.8, 4) is 0 Å². The van der Waals surface area contributed by atoms with E-state index in [1.165, 1.54) is 6.92 Å². The maximum absolute atomic E-state index is 9.56. The van der Waals surface area contributed by atoms with Crippen molar-refractivity contribution in [2.45, 2.75) is 20.8 Å². The SMILES string of the molecule is C=C.C=C.C=C.C=C.C=C.C=C.CCOCC.CCOS(=O)(=O)O.OCCO. The molecule has 3 N–H and O–H groups in total. The second kappa shape index (κ2) is 118. The van der Waals surface area contributed by atoms with Crippen LogP contribution in [-0.4, -0.2) is 56.2 Å². The number of aliphatic hydroxyl groups is 2. The summed E-state index contributed by atoms with van der Waals surface area (Å²) in [6.45, 7) is 42.9. The Morgan fingerprint density at radius 3 is 0.821 bits per heavy atom. The van der Waals surface area contributed by atoms with E-state index in [4.69, 9.17) is 19.5 Å².